The summed E-state index contributed by atoms with van der Waals surface area (Å²) < 4.78 is 16.7. The number of aromatic nitrogens is 1. The van der Waals surface area contributed by atoms with Gasteiger partial charge in [0.05, 0.1) is 24.8 Å². The molecule has 7 heteroatoms. The summed E-state index contributed by atoms with van der Waals surface area (Å²) >= 11 is 0. The molecule has 3 atom stereocenters. The lowest BCUT2D eigenvalue weighted by molar-refractivity contribution is -0.147. The first-order valence-corrected chi connectivity index (χ1v) is 10.4. The van der Waals surface area contributed by atoms with E-state index in [0.29, 0.717) is 37.3 Å². The molecule has 0 radical (unpaired) electrons. The molecule has 1 saturated carbocycles. The highest BCUT2D eigenvalue weighted by molar-refractivity contribution is 5.71. The fourth-order valence-electron chi connectivity index (χ4n) is 3.28. The normalized spacial score (nSPS) is 23.4. The maximum Gasteiger partial charge on any atom is 0.410 e. The molecule has 1 amide bonds. The lowest BCUT2D eigenvalue weighted by Crippen LogP contribution is -2.55. The van der Waals surface area contributed by atoms with Gasteiger partial charge in [-0.2, -0.15) is 0 Å². The standard InChI is InChI=1S/C22H32N2O5/c1-14(2)20(25)28-12-16-9-19(16)15-8-18(11-23-10-15)27-13-17-6-7-24(17)21(26)29-22(3,4)5/h8,10-11,14,16-17,19H,6-7,9,12-13H2,1-5H3/t16-,17-,19-/m0/s1. The first-order chi connectivity index (χ1) is 13.6. The predicted molar refractivity (Wildman–Crippen MR) is 108 cm³/mol. The molecule has 1 aromatic rings. The molecule has 0 unspecified atom stereocenters. The third kappa shape index (κ3) is 5.84. The highest BCUT2D eigenvalue weighted by Crippen LogP contribution is 2.48. The number of amides is 1. The quantitative estimate of drug-likeness (QED) is 0.644. The summed E-state index contributed by atoms with van der Waals surface area (Å²) in [6.07, 6.45) is 5.14. The third-order valence-electron chi connectivity index (χ3n) is 5.21. The Morgan fingerprint density at radius 2 is 2.00 bits per heavy atom. The molecule has 1 aliphatic heterocycles. The van der Waals surface area contributed by atoms with E-state index in [1.807, 2.05) is 46.9 Å². The van der Waals surface area contributed by atoms with Gasteiger partial charge in [0.2, 0.25) is 0 Å². The average molecular weight is 405 g/mol. The zero-order valence-corrected chi connectivity index (χ0v) is 18.0. The van der Waals surface area contributed by atoms with E-state index in [1.54, 1.807) is 11.1 Å². The van der Waals surface area contributed by atoms with Crippen LogP contribution in [-0.4, -0.2) is 53.3 Å². The molecule has 160 valence electrons. The summed E-state index contributed by atoms with van der Waals surface area (Å²) in [4.78, 5) is 29.8. The van der Waals surface area contributed by atoms with Gasteiger partial charge in [0.25, 0.3) is 0 Å². The number of pyridine rings is 1. The molecule has 1 saturated heterocycles. The van der Waals surface area contributed by atoms with E-state index < -0.39 is 5.60 Å². The number of hydrogen-bond donors (Lipinski definition) is 0. The first-order valence-electron chi connectivity index (χ1n) is 10.4. The summed E-state index contributed by atoms with van der Waals surface area (Å²) in [5.74, 6) is 1.15. The van der Waals surface area contributed by atoms with E-state index in [0.717, 1.165) is 18.4 Å². The SMILES string of the molecule is CC(C)C(=O)OC[C@@H]1C[C@H]1c1cncc(OC[C@@H]2CCN2C(=O)OC(C)(C)C)c1. The Bertz CT molecular complexity index is 743. The molecule has 2 fully saturated rings. The van der Waals surface area contributed by atoms with Crippen molar-refractivity contribution in [3.63, 3.8) is 0 Å². The molecule has 0 bridgehead atoms. The van der Waals surface area contributed by atoms with Crippen LogP contribution in [0.2, 0.25) is 0 Å². The molecule has 1 aliphatic carbocycles. The number of nitrogens with zero attached hydrogens (tertiary/aromatic N) is 2. The zero-order chi connectivity index (χ0) is 21.2. The second-order valence-corrected chi connectivity index (χ2v) is 9.27. The zero-order valence-electron chi connectivity index (χ0n) is 18.0. The van der Waals surface area contributed by atoms with Crippen LogP contribution in [0.25, 0.3) is 0 Å². The van der Waals surface area contributed by atoms with E-state index in [9.17, 15) is 9.59 Å². The minimum Gasteiger partial charge on any atom is -0.490 e. The van der Waals surface area contributed by atoms with Crippen molar-refractivity contribution in [3.05, 3.63) is 24.0 Å². The second-order valence-electron chi connectivity index (χ2n) is 9.27. The minimum absolute atomic E-state index is 0.0256. The van der Waals surface area contributed by atoms with Crippen LogP contribution in [0.5, 0.6) is 5.75 Å². The van der Waals surface area contributed by atoms with Gasteiger partial charge in [-0.25, -0.2) is 4.79 Å². The van der Waals surface area contributed by atoms with Gasteiger partial charge in [-0.1, -0.05) is 13.8 Å². The van der Waals surface area contributed by atoms with Crippen molar-refractivity contribution in [3.8, 4) is 5.75 Å². The lowest BCUT2D eigenvalue weighted by Gasteiger charge is -2.40. The molecular weight excluding hydrogens is 372 g/mol. The topological polar surface area (TPSA) is 78.0 Å². The van der Waals surface area contributed by atoms with E-state index in [-0.39, 0.29) is 24.0 Å². The predicted octanol–water partition coefficient (Wildman–Crippen LogP) is 3.77. The van der Waals surface area contributed by atoms with Crippen LogP contribution in [0.15, 0.2) is 18.5 Å². The van der Waals surface area contributed by atoms with Crippen molar-refractivity contribution >= 4 is 12.1 Å². The molecule has 0 spiro atoms. The van der Waals surface area contributed by atoms with E-state index in [1.165, 1.54) is 0 Å². The van der Waals surface area contributed by atoms with Crippen LogP contribution in [0.3, 0.4) is 0 Å². The summed E-state index contributed by atoms with van der Waals surface area (Å²) in [5.41, 5.74) is 0.603. The van der Waals surface area contributed by atoms with Crippen molar-refractivity contribution in [2.24, 2.45) is 11.8 Å². The van der Waals surface area contributed by atoms with Crippen molar-refractivity contribution in [1.82, 2.24) is 9.88 Å². The van der Waals surface area contributed by atoms with Gasteiger partial charge in [-0.15, -0.1) is 0 Å². The van der Waals surface area contributed by atoms with Crippen LogP contribution in [0.1, 0.15) is 58.9 Å². The number of hydrogen-bond acceptors (Lipinski definition) is 6. The van der Waals surface area contributed by atoms with Crippen LogP contribution in [-0.2, 0) is 14.3 Å². The Labute approximate surface area is 172 Å². The minimum atomic E-state index is -0.499. The van der Waals surface area contributed by atoms with Crippen LogP contribution in [0, 0.1) is 11.8 Å². The highest BCUT2D eigenvalue weighted by Gasteiger charge is 2.40. The number of carbonyl (C=O) groups excluding carboxylic acids is 2. The van der Waals surface area contributed by atoms with E-state index >= 15 is 0 Å². The monoisotopic (exact) mass is 404 g/mol. The number of rotatable bonds is 7. The van der Waals surface area contributed by atoms with Gasteiger partial charge < -0.3 is 19.1 Å². The Balaban J connectivity index is 1.46. The van der Waals surface area contributed by atoms with Crippen molar-refractivity contribution in [2.45, 2.75) is 65.0 Å². The fourth-order valence-corrected chi connectivity index (χ4v) is 3.28. The number of ether oxygens (including phenoxy) is 3. The van der Waals surface area contributed by atoms with Crippen molar-refractivity contribution in [2.75, 3.05) is 19.8 Å². The van der Waals surface area contributed by atoms with Gasteiger partial charge in [-0.05, 0) is 51.2 Å². The molecule has 29 heavy (non-hydrogen) atoms. The van der Waals surface area contributed by atoms with Gasteiger partial charge in [0.1, 0.15) is 18.0 Å². The summed E-state index contributed by atoms with van der Waals surface area (Å²) in [7, 11) is 0. The molecule has 3 rings (SSSR count). The smallest absolute Gasteiger partial charge is 0.410 e. The second kappa shape index (κ2) is 8.59. The molecular formula is C22H32N2O5. The van der Waals surface area contributed by atoms with Gasteiger partial charge in [-0.3, -0.25) is 9.78 Å². The lowest BCUT2D eigenvalue weighted by atomic mass is 10.1. The molecule has 2 aliphatic rings. The fraction of sp³-hybridized carbons (Fsp3) is 0.682. The van der Waals surface area contributed by atoms with Gasteiger partial charge >= 0.3 is 12.1 Å². The molecule has 2 heterocycles. The number of carbonyl (C=O) groups is 2. The molecule has 0 aromatic carbocycles. The maximum absolute atomic E-state index is 12.2. The molecule has 1 aromatic heterocycles. The Morgan fingerprint density at radius 1 is 1.24 bits per heavy atom. The molecule has 0 N–H and O–H groups in total. The van der Waals surface area contributed by atoms with Crippen LogP contribution in [0.4, 0.5) is 4.79 Å². The number of likely N-dealkylation sites (tertiary alicyclic amines) is 1. The highest BCUT2D eigenvalue weighted by atomic mass is 16.6. The first kappa shape index (κ1) is 21.4. The van der Waals surface area contributed by atoms with Crippen molar-refractivity contribution < 1.29 is 23.8 Å². The van der Waals surface area contributed by atoms with Crippen molar-refractivity contribution in [1.29, 1.82) is 0 Å². The van der Waals surface area contributed by atoms with Crippen LogP contribution < -0.4 is 4.74 Å². The maximum atomic E-state index is 12.2. The Hall–Kier alpha value is -2.31. The summed E-state index contributed by atoms with van der Waals surface area (Å²) in [6.45, 7) is 10.8. The largest absolute Gasteiger partial charge is 0.490 e. The Kier molecular flexibility index (Phi) is 6.34. The van der Waals surface area contributed by atoms with E-state index in [2.05, 4.69) is 4.98 Å². The Morgan fingerprint density at radius 3 is 2.62 bits per heavy atom. The van der Waals surface area contributed by atoms with Gasteiger partial charge in [0.15, 0.2) is 0 Å². The van der Waals surface area contributed by atoms with E-state index in [4.69, 9.17) is 14.2 Å². The van der Waals surface area contributed by atoms with Gasteiger partial charge in [0, 0.05) is 18.7 Å². The molecule has 7 nitrogen and oxygen atoms in total. The average Bonchev–Trinajstić information content (AvgIpc) is 3.37. The summed E-state index contributed by atoms with van der Waals surface area (Å²) in [5, 5.41) is 0. The van der Waals surface area contributed by atoms with Crippen LogP contribution >= 0.6 is 0 Å². The summed E-state index contributed by atoms with van der Waals surface area (Å²) in [6, 6.07) is 2.02. The third-order valence-corrected chi connectivity index (χ3v) is 5.21. The number of esters is 1.